The molecule has 0 amide bonds. The maximum absolute atomic E-state index is 5.89. The SMILES string of the molecule is CN(Cc1cn(C)nc1-c1ccc(Oc2ccccc2)cc1)C[C@H]1COCCO1. The Labute approximate surface area is 171 Å². The van der Waals surface area contributed by atoms with Crippen molar-refractivity contribution in [3.63, 3.8) is 0 Å². The summed E-state index contributed by atoms with van der Waals surface area (Å²) in [6, 6.07) is 17.9. The average molecular weight is 393 g/mol. The minimum absolute atomic E-state index is 0.128. The normalized spacial score (nSPS) is 16.9. The fraction of sp³-hybridized carbons (Fsp3) is 0.348. The van der Waals surface area contributed by atoms with Crippen LogP contribution in [0.5, 0.6) is 11.5 Å². The van der Waals surface area contributed by atoms with E-state index in [1.165, 1.54) is 5.56 Å². The maximum Gasteiger partial charge on any atom is 0.127 e. The number of rotatable bonds is 7. The molecule has 0 spiro atoms. The summed E-state index contributed by atoms with van der Waals surface area (Å²) >= 11 is 0. The van der Waals surface area contributed by atoms with Gasteiger partial charge in [0.25, 0.3) is 0 Å². The van der Waals surface area contributed by atoms with Gasteiger partial charge in [-0.2, -0.15) is 5.10 Å². The molecule has 29 heavy (non-hydrogen) atoms. The molecule has 152 valence electrons. The zero-order valence-electron chi connectivity index (χ0n) is 17.0. The largest absolute Gasteiger partial charge is 0.457 e. The predicted octanol–water partition coefficient (Wildman–Crippen LogP) is 3.73. The predicted molar refractivity (Wildman–Crippen MR) is 112 cm³/mol. The third-order valence-electron chi connectivity index (χ3n) is 4.85. The molecule has 1 aliphatic heterocycles. The molecule has 3 aromatic rings. The maximum atomic E-state index is 5.89. The van der Waals surface area contributed by atoms with Gasteiger partial charge in [-0.25, -0.2) is 0 Å². The van der Waals surface area contributed by atoms with Crippen molar-refractivity contribution < 1.29 is 14.2 Å². The fourth-order valence-corrected chi connectivity index (χ4v) is 3.55. The Morgan fingerprint density at radius 1 is 1.07 bits per heavy atom. The lowest BCUT2D eigenvalue weighted by Gasteiger charge is -2.27. The number of nitrogens with zero attached hydrogens (tertiary/aromatic N) is 3. The average Bonchev–Trinajstić information content (AvgIpc) is 3.10. The Morgan fingerprint density at radius 3 is 2.55 bits per heavy atom. The zero-order chi connectivity index (χ0) is 20.1. The van der Waals surface area contributed by atoms with E-state index in [1.807, 2.05) is 54.2 Å². The van der Waals surface area contributed by atoms with Crippen molar-refractivity contribution in [3.8, 4) is 22.8 Å². The summed E-state index contributed by atoms with van der Waals surface area (Å²) in [6.45, 7) is 3.65. The second kappa shape index (κ2) is 9.22. The van der Waals surface area contributed by atoms with Gasteiger partial charge < -0.3 is 14.2 Å². The third-order valence-corrected chi connectivity index (χ3v) is 4.85. The molecule has 0 unspecified atom stereocenters. The summed E-state index contributed by atoms with van der Waals surface area (Å²) < 4.78 is 19.0. The number of hydrogen-bond acceptors (Lipinski definition) is 5. The highest BCUT2D eigenvalue weighted by molar-refractivity contribution is 5.63. The van der Waals surface area contributed by atoms with E-state index < -0.39 is 0 Å². The summed E-state index contributed by atoms with van der Waals surface area (Å²) in [7, 11) is 4.06. The van der Waals surface area contributed by atoms with Crippen molar-refractivity contribution in [1.29, 1.82) is 0 Å². The molecule has 0 bridgehead atoms. The Hall–Kier alpha value is -2.67. The van der Waals surface area contributed by atoms with Gasteiger partial charge in [0.2, 0.25) is 0 Å². The van der Waals surface area contributed by atoms with E-state index >= 15 is 0 Å². The second-order valence-electron chi connectivity index (χ2n) is 7.38. The van der Waals surface area contributed by atoms with E-state index in [1.54, 1.807) is 0 Å². The van der Waals surface area contributed by atoms with Crippen LogP contribution >= 0.6 is 0 Å². The molecule has 1 aromatic heterocycles. The van der Waals surface area contributed by atoms with Crippen LogP contribution in [0.15, 0.2) is 60.8 Å². The molecule has 1 fully saturated rings. The highest BCUT2D eigenvalue weighted by atomic mass is 16.6. The van der Waals surface area contributed by atoms with Crippen molar-refractivity contribution in [2.75, 3.05) is 33.4 Å². The van der Waals surface area contributed by atoms with Crippen LogP contribution in [0.2, 0.25) is 0 Å². The molecule has 0 N–H and O–H groups in total. The minimum atomic E-state index is 0.128. The molecule has 1 aliphatic rings. The van der Waals surface area contributed by atoms with Gasteiger partial charge in [-0.05, 0) is 43.4 Å². The van der Waals surface area contributed by atoms with Crippen LogP contribution in [0.1, 0.15) is 5.56 Å². The summed E-state index contributed by atoms with van der Waals surface area (Å²) in [5, 5.41) is 4.69. The first-order valence-electron chi connectivity index (χ1n) is 9.91. The summed E-state index contributed by atoms with van der Waals surface area (Å²) in [4.78, 5) is 2.26. The summed E-state index contributed by atoms with van der Waals surface area (Å²) in [5.74, 6) is 1.64. The van der Waals surface area contributed by atoms with Gasteiger partial charge in [-0.1, -0.05) is 18.2 Å². The summed E-state index contributed by atoms with van der Waals surface area (Å²) in [5.41, 5.74) is 3.25. The quantitative estimate of drug-likeness (QED) is 0.612. The highest BCUT2D eigenvalue weighted by Crippen LogP contribution is 2.27. The molecule has 6 nitrogen and oxygen atoms in total. The fourth-order valence-electron chi connectivity index (χ4n) is 3.55. The van der Waals surface area contributed by atoms with Crippen molar-refractivity contribution in [3.05, 3.63) is 66.4 Å². The van der Waals surface area contributed by atoms with E-state index in [0.717, 1.165) is 35.8 Å². The molecule has 2 aromatic carbocycles. The number of aromatic nitrogens is 2. The van der Waals surface area contributed by atoms with Crippen molar-refractivity contribution >= 4 is 0 Å². The van der Waals surface area contributed by atoms with E-state index in [0.29, 0.717) is 19.8 Å². The van der Waals surface area contributed by atoms with Gasteiger partial charge in [-0.15, -0.1) is 0 Å². The molecule has 2 heterocycles. The Bertz CT molecular complexity index is 903. The van der Waals surface area contributed by atoms with E-state index in [9.17, 15) is 0 Å². The first kappa shape index (κ1) is 19.6. The standard InChI is InChI=1S/C23H27N3O3/c1-25(16-22-17-27-12-13-28-22)14-19-15-26(2)24-23(19)18-8-10-21(11-9-18)29-20-6-4-3-5-7-20/h3-11,15,22H,12-14,16-17H2,1-2H3/t22-/m0/s1. The van der Waals surface area contributed by atoms with Crippen LogP contribution in [0, 0.1) is 0 Å². The van der Waals surface area contributed by atoms with Gasteiger partial charge in [0, 0.05) is 37.5 Å². The van der Waals surface area contributed by atoms with E-state index in [-0.39, 0.29) is 6.10 Å². The lowest BCUT2D eigenvalue weighted by atomic mass is 10.1. The van der Waals surface area contributed by atoms with Crippen LogP contribution in [0.4, 0.5) is 0 Å². The molecule has 6 heteroatoms. The summed E-state index contributed by atoms with van der Waals surface area (Å²) in [6.07, 6.45) is 2.21. The monoisotopic (exact) mass is 393 g/mol. The third kappa shape index (κ3) is 5.23. The van der Waals surface area contributed by atoms with Crippen LogP contribution in [-0.2, 0) is 23.1 Å². The Morgan fingerprint density at radius 2 is 1.83 bits per heavy atom. The topological polar surface area (TPSA) is 48.8 Å². The number of hydrogen-bond donors (Lipinski definition) is 0. The first-order valence-corrected chi connectivity index (χ1v) is 9.91. The Balaban J connectivity index is 1.44. The van der Waals surface area contributed by atoms with Crippen LogP contribution in [-0.4, -0.2) is 54.2 Å². The highest BCUT2D eigenvalue weighted by Gasteiger charge is 2.18. The van der Waals surface area contributed by atoms with Crippen molar-refractivity contribution in [2.24, 2.45) is 7.05 Å². The second-order valence-corrected chi connectivity index (χ2v) is 7.38. The molecule has 0 radical (unpaired) electrons. The zero-order valence-corrected chi connectivity index (χ0v) is 17.0. The molecule has 1 saturated heterocycles. The number of ether oxygens (including phenoxy) is 3. The first-order chi connectivity index (χ1) is 14.2. The number of benzene rings is 2. The lowest BCUT2D eigenvalue weighted by molar-refractivity contribution is -0.0962. The molecular formula is C23H27N3O3. The van der Waals surface area contributed by atoms with E-state index in [2.05, 4.69) is 35.4 Å². The van der Waals surface area contributed by atoms with Crippen molar-refractivity contribution in [1.82, 2.24) is 14.7 Å². The van der Waals surface area contributed by atoms with Gasteiger partial charge in [0.05, 0.1) is 31.6 Å². The molecule has 0 aliphatic carbocycles. The molecular weight excluding hydrogens is 366 g/mol. The van der Waals surface area contributed by atoms with Gasteiger partial charge in [-0.3, -0.25) is 9.58 Å². The molecule has 0 saturated carbocycles. The van der Waals surface area contributed by atoms with Crippen molar-refractivity contribution in [2.45, 2.75) is 12.6 Å². The van der Waals surface area contributed by atoms with Gasteiger partial charge in [0.1, 0.15) is 11.5 Å². The van der Waals surface area contributed by atoms with E-state index in [4.69, 9.17) is 14.2 Å². The number of likely N-dealkylation sites (N-methyl/N-ethyl adjacent to an activating group) is 1. The minimum Gasteiger partial charge on any atom is -0.457 e. The van der Waals surface area contributed by atoms with Crippen LogP contribution in [0.3, 0.4) is 0 Å². The lowest BCUT2D eigenvalue weighted by Crippen LogP contribution is -2.38. The Kier molecular flexibility index (Phi) is 6.24. The number of para-hydroxylation sites is 1. The van der Waals surface area contributed by atoms with Crippen LogP contribution in [0.25, 0.3) is 11.3 Å². The van der Waals surface area contributed by atoms with Gasteiger partial charge >= 0.3 is 0 Å². The smallest absolute Gasteiger partial charge is 0.127 e. The van der Waals surface area contributed by atoms with Crippen LogP contribution < -0.4 is 4.74 Å². The van der Waals surface area contributed by atoms with Gasteiger partial charge in [0.15, 0.2) is 0 Å². The molecule has 1 atom stereocenters. The molecule has 4 rings (SSSR count). The number of aryl methyl sites for hydroxylation is 1.